The highest BCUT2D eigenvalue weighted by Gasteiger charge is 2.11. The van der Waals surface area contributed by atoms with E-state index in [4.69, 9.17) is 20.4 Å². The molecule has 0 saturated carbocycles. The quantitative estimate of drug-likeness (QED) is 0.335. The van der Waals surface area contributed by atoms with Crippen molar-refractivity contribution in [3.63, 3.8) is 0 Å². The van der Waals surface area contributed by atoms with Crippen molar-refractivity contribution >= 4 is 48.5 Å². The Morgan fingerprint density at radius 1 is 1.47 bits per heavy atom. The van der Waals surface area contributed by atoms with Gasteiger partial charge in [-0.15, -0.1) is 0 Å². The van der Waals surface area contributed by atoms with E-state index >= 15 is 0 Å². The molecule has 0 fully saturated rings. The molecule has 5 heteroatoms. The number of halogens is 1. The van der Waals surface area contributed by atoms with Crippen molar-refractivity contribution in [2.24, 2.45) is 0 Å². The molecule has 0 aliphatic heterocycles. The molecular formula is C10H7B2BrO2. The predicted molar refractivity (Wildman–Crippen MR) is 65.4 cm³/mol. The first-order valence-corrected chi connectivity index (χ1v) is 4.93. The number of hydrogen-bond acceptors (Lipinski definition) is 2. The van der Waals surface area contributed by atoms with Crippen LogP contribution in [0, 0.1) is 0 Å². The fourth-order valence-electron chi connectivity index (χ4n) is 0.924. The number of esters is 1. The second-order valence-corrected chi connectivity index (χ2v) is 3.95. The summed E-state index contributed by atoms with van der Waals surface area (Å²) >= 11 is 3.21. The summed E-state index contributed by atoms with van der Waals surface area (Å²) in [7, 11) is 11.2. The summed E-state index contributed by atoms with van der Waals surface area (Å²) < 4.78 is 5.56. The molecule has 0 amide bonds. The molecule has 15 heavy (non-hydrogen) atoms. The van der Waals surface area contributed by atoms with Gasteiger partial charge in [-0.3, -0.25) is 0 Å². The molecule has 0 spiro atoms. The van der Waals surface area contributed by atoms with E-state index in [2.05, 4.69) is 22.5 Å². The molecule has 4 radical (unpaired) electrons. The van der Waals surface area contributed by atoms with E-state index < -0.39 is 5.97 Å². The van der Waals surface area contributed by atoms with Crippen molar-refractivity contribution < 1.29 is 9.53 Å². The first-order chi connectivity index (χ1) is 6.91. The lowest BCUT2D eigenvalue weighted by atomic mass is 9.87. The zero-order valence-corrected chi connectivity index (χ0v) is 9.80. The first kappa shape index (κ1) is 12.1. The molecule has 0 N–H and O–H groups in total. The van der Waals surface area contributed by atoms with Crippen LogP contribution in [0.2, 0.25) is 0 Å². The average Bonchev–Trinajstić information content (AvgIpc) is 2.10. The Morgan fingerprint density at radius 2 is 2.07 bits per heavy atom. The summed E-state index contributed by atoms with van der Waals surface area (Å²) in [6.45, 7) is 5.03. The lowest BCUT2D eigenvalue weighted by Gasteiger charge is -2.10. The zero-order chi connectivity index (χ0) is 11.6. The first-order valence-electron chi connectivity index (χ1n) is 4.14. The molecule has 0 atom stereocenters. The van der Waals surface area contributed by atoms with Gasteiger partial charge in [-0.05, 0) is 22.9 Å². The monoisotopic (exact) mass is 260 g/mol. The Hall–Kier alpha value is -0.960. The van der Waals surface area contributed by atoms with Gasteiger partial charge in [-0.2, -0.15) is 0 Å². The smallest absolute Gasteiger partial charge is 0.338 e. The number of rotatable bonds is 2. The molecule has 0 bridgehead atoms. The van der Waals surface area contributed by atoms with Gasteiger partial charge in [0.1, 0.15) is 21.4 Å². The fourth-order valence-corrected chi connectivity index (χ4v) is 1.50. The van der Waals surface area contributed by atoms with Gasteiger partial charge in [0.25, 0.3) is 0 Å². The topological polar surface area (TPSA) is 26.3 Å². The van der Waals surface area contributed by atoms with E-state index in [0.717, 1.165) is 0 Å². The van der Waals surface area contributed by atoms with Gasteiger partial charge < -0.3 is 4.74 Å². The van der Waals surface area contributed by atoms with Crippen LogP contribution < -0.4 is 15.7 Å². The number of benzene rings is 1. The summed E-state index contributed by atoms with van der Waals surface area (Å²) in [5.41, 5.74) is 1.10. The number of hydrogen-bond donors (Lipinski definition) is 0. The Morgan fingerprint density at radius 3 is 2.53 bits per heavy atom. The third-order valence-corrected chi connectivity index (χ3v) is 2.23. The number of carbonyl (C=O) groups excluding carboxylic acids is 1. The number of carbonyl (C=O) groups is 1. The third-order valence-electron chi connectivity index (χ3n) is 1.64. The van der Waals surface area contributed by atoms with E-state index in [1.54, 1.807) is 13.0 Å². The van der Waals surface area contributed by atoms with Crippen molar-refractivity contribution in [1.29, 1.82) is 0 Å². The molecule has 1 aromatic carbocycles. The molecule has 1 aromatic rings. The third kappa shape index (κ3) is 2.99. The van der Waals surface area contributed by atoms with Gasteiger partial charge in [0, 0.05) is 5.57 Å². The Labute approximate surface area is 99.6 Å². The SMILES string of the molecule is [B]c1cc([B])c(OC(=O)C(=C)C)c(Br)c1. The van der Waals surface area contributed by atoms with Crippen molar-refractivity contribution in [2.45, 2.75) is 6.92 Å². The van der Waals surface area contributed by atoms with Crippen molar-refractivity contribution in [3.8, 4) is 5.75 Å². The van der Waals surface area contributed by atoms with Gasteiger partial charge >= 0.3 is 5.97 Å². The van der Waals surface area contributed by atoms with Gasteiger partial charge in [0.05, 0.1) is 4.47 Å². The molecule has 0 saturated heterocycles. The molecule has 0 aromatic heterocycles. The minimum atomic E-state index is -0.521. The van der Waals surface area contributed by atoms with E-state index in [1.807, 2.05) is 0 Å². The van der Waals surface area contributed by atoms with Crippen LogP contribution in [-0.4, -0.2) is 21.7 Å². The van der Waals surface area contributed by atoms with E-state index in [0.29, 0.717) is 21.0 Å². The van der Waals surface area contributed by atoms with Crippen LogP contribution in [0.4, 0.5) is 0 Å². The summed E-state index contributed by atoms with van der Waals surface area (Å²) in [5.74, 6) is -0.260. The van der Waals surface area contributed by atoms with Gasteiger partial charge in [-0.25, -0.2) is 4.79 Å². The number of ether oxygens (including phenoxy) is 1. The minimum Gasteiger partial charge on any atom is -0.423 e. The maximum Gasteiger partial charge on any atom is 0.338 e. The maximum atomic E-state index is 11.3. The molecule has 0 unspecified atom stereocenters. The van der Waals surface area contributed by atoms with E-state index in [-0.39, 0.29) is 5.75 Å². The summed E-state index contributed by atoms with van der Waals surface area (Å²) in [6.07, 6.45) is 0. The molecule has 0 heterocycles. The van der Waals surface area contributed by atoms with Crippen molar-refractivity contribution in [3.05, 3.63) is 28.8 Å². The van der Waals surface area contributed by atoms with Crippen LogP contribution in [-0.2, 0) is 4.79 Å². The van der Waals surface area contributed by atoms with E-state index in [1.165, 1.54) is 6.07 Å². The van der Waals surface area contributed by atoms with Crippen molar-refractivity contribution in [2.75, 3.05) is 0 Å². The lowest BCUT2D eigenvalue weighted by Crippen LogP contribution is -2.20. The lowest BCUT2D eigenvalue weighted by molar-refractivity contribution is -0.130. The van der Waals surface area contributed by atoms with Crippen LogP contribution in [0.1, 0.15) is 6.92 Å². The standard InChI is InChI=1S/C10H7B2BrO2/c1-5(2)10(14)15-9-7(12)3-6(11)4-8(9)13/h3-4H,1H2,2H3. The largest absolute Gasteiger partial charge is 0.423 e. The van der Waals surface area contributed by atoms with Crippen LogP contribution >= 0.6 is 15.9 Å². The van der Waals surface area contributed by atoms with Gasteiger partial charge in [0.15, 0.2) is 0 Å². The molecule has 2 nitrogen and oxygen atoms in total. The average molecular weight is 261 g/mol. The normalized spacial score (nSPS) is 9.73. The molecule has 72 valence electrons. The molecule has 1 rings (SSSR count). The Kier molecular flexibility index (Phi) is 3.80. The minimum absolute atomic E-state index is 0.261. The molecular weight excluding hydrogens is 254 g/mol. The van der Waals surface area contributed by atoms with Crippen LogP contribution in [0.3, 0.4) is 0 Å². The van der Waals surface area contributed by atoms with E-state index in [9.17, 15) is 4.79 Å². The van der Waals surface area contributed by atoms with Crippen LogP contribution in [0.5, 0.6) is 5.75 Å². The Bertz CT molecular complexity index is 406. The van der Waals surface area contributed by atoms with Crippen LogP contribution in [0.15, 0.2) is 28.8 Å². The fraction of sp³-hybridized carbons (Fsp3) is 0.100. The van der Waals surface area contributed by atoms with Gasteiger partial charge in [-0.1, -0.05) is 29.6 Å². The van der Waals surface area contributed by atoms with Crippen molar-refractivity contribution in [1.82, 2.24) is 0 Å². The second kappa shape index (κ2) is 4.71. The van der Waals surface area contributed by atoms with Gasteiger partial charge in [0.2, 0.25) is 0 Å². The summed E-state index contributed by atoms with van der Waals surface area (Å²) in [4.78, 5) is 11.3. The molecule has 0 aliphatic carbocycles. The van der Waals surface area contributed by atoms with Crippen LogP contribution in [0.25, 0.3) is 0 Å². The predicted octanol–water partition coefficient (Wildman–Crippen LogP) is 0.518. The second-order valence-electron chi connectivity index (χ2n) is 3.09. The zero-order valence-electron chi connectivity index (χ0n) is 8.21. The Balaban J connectivity index is 3.05. The highest BCUT2D eigenvalue weighted by molar-refractivity contribution is 9.10. The highest BCUT2D eigenvalue weighted by atomic mass is 79.9. The summed E-state index contributed by atoms with van der Waals surface area (Å²) in [5, 5.41) is 0. The maximum absolute atomic E-state index is 11.3. The molecule has 0 aliphatic rings. The highest BCUT2D eigenvalue weighted by Crippen LogP contribution is 2.21. The summed E-state index contributed by atoms with van der Waals surface area (Å²) in [6, 6.07) is 3.13.